The molecule has 0 saturated heterocycles. The van der Waals surface area contributed by atoms with Crippen molar-refractivity contribution in [3.8, 4) is 0 Å². The van der Waals surface area contributed by atoms with E-state index in [-0.39, 0.29) is 5.41 Å². The molecule has 0 bridgehead atoms. The van der Waals surface area contributed by atoms with Crippen molar-refractivity contribution in [3.63, 3.8) is 0 Å². The summed E-state index contributed by atoms with van der Waals surface area (Å²) in [4.78, 5) is 0. The van der Waals surface area contributed by atoms with Crippen LogP contribution < -0.4 is 5.32 Å². The molecule has 0 aromatic carbocycles. The van der Waals surface area contributed by atoms with Crippen LogP contribution in [-0.4, -0.2) is 23.8 Å². The normalized spacial score (nSPS) is 12.1. The fourth-order valence-corrected chi connectivity index (χ4v) is 1.66. The molecule has 80 valence electrons. The highest BCUT2D eigenvalue weighted by atomic mass is 15.1. The summed E-state index contributed by atoms with van der Waals surface area (Å²) in [6.07, 6.45) is 1.02. The Kier molecular flexibility index (Phi) is 3.32. The average Bonchev–Trinajstić information content (AvgIpc) is 2.42. The quantitative estimate of drug-likeness (QED) is 0.772. The van der Waals surface area contributed by atoms with Gasteiger partial charge in [-0.2, -0.15) is 5.10 Å². The molecule has 0 unspecified atom stereocenters. The molecule has 0 saturated carbocycles. The third-order valence-electron chi connectivity index (χ3n) is 2.45. The molecule has 3 heteroatoms. The lowest BCUT2D eigenvalue weighted by molar-refractivity contribution is 0.563. The van der Waals surface area contributed by atoms with E-state index in [1.54, 1.807) is 0 Å². The van der Waals surface area contributed by atoms with Crippen molar-refractivity contribution in [3.05, 3.63) is 17.0 Å². The van der Waals surface area contributed by atoms with Crippen molar-refractivity contribution >= 4 is 0 Å². The first-order valence-electron chi connectivity index (χ1n) is 5.15. The lowest BCUT2D eigenvalue weighted by Crippen LogP contribution is -2.14. The Morgan fingerprint density at radius 3 is 2.43 bits per heavy atom. The Morgan fingerprint density at radius 1 is 1.36 bits per heavy atom. The molecule has 0 fully saturated rings. The Morgan fingerprint density at radius 2 is 2.00 bits per heavy atom. The summed E-state index contributed by atoms with van der Waals surface area (Å²) in [6, 6.07) is 0. The molecule has 3 nitrogen and oxygen atoms in total. The maximum atomic E-state index is 4.39. The summed E-state index contributed by atoms with van der Waals surface area (Å²) < 4.78 is 0. The Labute approximate surface area is 86.3 Å². The van der Waals surface area contributed by atoms with Crippen LogP contribution in [0.2, 0.25) is 0 Å². The standard InChI is InChI=1S/C11H21N3/c1-8-9(6-7-12-5)13-14-10(8)11(2,3)4/h12H,6-7H2,1-5H3,(H,13,14). The van der Waals surface area contributed by atoms with Gasteiger partial charge in [0.05, 0.1) is 5.69 Å². The van der Waals surface area contributed by atoms with E-state index in [0.29, 0.717) is 0 Å². The van der Waals surface area contributed by atoms with Gasteiger partial charge in [-0.3, -0.25) is 5.10 Å². The van der Waals surface area contributed by atoms with Gasteiger partial charge in [-0.15, -0.1) is 0 Å². The number of nitrogens with zero attached hydrogens (tertiary/aromatic N) is 1. The molecule has 0 amide bonds. The van der Waals surface area contributed by atoms with Gasteiger partial charge in [0, 0.05) is 24.1 Å². The van der Waals surface area contributed by atoms with Crippen molar-refractivity contribution in [2.75, 3.05) is 13.6 Å². The molecule has 14 heavy (non-hydrogen) atoms. The molecular weight excluding hydrogens is 174 g/mol. The number of rotatable bonds is 3. The number of likely N-dealkylation sites (N-methyl/N-ethyl adjacent to an activating group) is 1. The summed E-state index contributed by atoms with van der Waals surface area (Å²) in [7, 11) is 1.97. The van der Waals surface area contributed by atoms with Crippen LogP contribution in [0, 0.1) is 6.92 Å². The smallest absolute Gasteiger partial charge is 0.0707 e. The fraction of sp³-hybridized carbons (Fsp3) is 0.727. The average molecular weight is 195 g/mol. The number of aromatic amines is 1. The Hall–Kier alpha value is -0.830. The second kappa shape index (κ2) is 4.13. The number of hydrogen-bond donors (Lipinski definition) is 2. The molecule has 1 aromatic heterocycles. The lowest BCUT2D eigenvalue weighted by Gasteiger charge is -2.16. The Balaban J connectivity index is 2.86. The maximum Gasteiger partial charge on any atom is 0.0707 e. The first-order chi connectivity index (χ1) is 6.46. The Bertz CT molecular complexity index is 294. The van der Waals surface area contributed by atoms with Gasteiger partial charge in [-0.25, -0.2) is 0 Å². The van der Waals surface area contributed by atoms with Gasteiger partial charge in [-0.1, -0.05) is 20.8 Å². The predicted octanol–water partition coefficient (Wildman–Crippen LogP) is 1.78. The monoisotopic (exact) mass is 195 g/mol. The van der Waals surface area contributed by atoms with E-state index in [4.69, 9.17) is 0 Å². The van der Waals surface area contributed by atoms with Crippen molar-refractivity contribution in [1.82, 2.24) is 15.5 Å². The van der Waals surface area contributed by atoms with Crippen molar-refractivity contribution < 1.29 is 0 Å². The molecule has 2 N–H and O–H groups in total. The van der Waals surface area contributed by atoms with Crippen LogP contribution in [0.15, 0.2) is 0 Å². The second-order valence-corrected chi connectivity index (χ2v) is 4.78. The topological polar surface area (TPSA) is 40.7 Å². The first kappa shape index (κ1) is 11.2. The summed E-state index contributed by atoms with van der Waals surface area (Å²) in [6.45, 7) is 9.72. The largest absolute Gasteiger partial charge is 0.319 e. The van der Waals surface area contributed by atoms with Crippen LogP contribution in [-0.2, 0) is 11.8 Å². The predicted molar refractivity (Wildman–Crippen MR) is 59.7 cm³/mol. The fourth-order valence-electron chi connectivity index (χ4n) is 1.66. The van der Waals surface area contributed by atoms with Crippen molar-refractivity contribution in [2.45, 2.75) is 39.5 Å². The van der Waals surface area contributed by atoms with Gasteiger partial charge in [0.1, 0.15) is 0 Å². The van der Waals surface area contributed by atoms with E-state index < -0.39 is 0 Å². The van der Waals surface area contributed by atoms with Gasteiger partial charge in [0.2, 0.25) is 0 Å². The number of aromatic nitrogens is 2. The minimum atomic E-state index is 0.137. The summed E-state index contributed by atoms with van der Waals surface area (Å²) in [5, 5.41) is 10.7. The van der Waals surface area contributed by atoms with Gasteiger partial charge in [-0.05, 0) is 19.5 Å². The molecule has 0 spiro atoms. The van der Waals surface area contributed by atoms with Crippen LogP contribution >= 0.6 is 0 Å². The minimum absolute atomic E-state index is 0.137. The van der Waals surface area contributed by atoms with Gasteiger partial charge < -0.3 is 5.32 Å². The molecule has 1 heterocycles. The molecular formula is C11H21N3. The molecule has 1 aromatic rings. The van der Waals surface area contributed by atoms with E-state index in [1.807, 2.05) is 7.05 Å². The highest BCUT2D eigenvalue weighted by Crippen LogP contribution is 2.24. The SMILES string of the molecule is CNCCc1[nH]nc(C(C)(C)C)c1C. The third-order valence-corrected chi connectivity index (χ3v) is 2.45. The summed E-state index contributed by atoms with van der Waals surface area (Å²) in [5.74, 6) is 0. The molecule has 0 aliphatic heterocycles. The zero-order valence-electron chi connectivity index (χ0n) is 9.86. The van der Waals surface area contributed by atoms with E-state index in [0.717, 1.165) is 13.0 Å². The van der Waals surface area contributed by atoms with E-state index in [1.165, 1.54) is 17.0 Å². The maximum absolute atomic E-state index is 4.39. The van der Waals surface area contributed by atoms with Crippen molar-refractivity contribution in [1.29, 1.82) is 0 Å². The molecule has 0 radical (unpaired) electrons. The van der Waals surface area contributed by atoms with Crippen molar-refractivity contribution in [2.24, 2.45) is 0 Å². The van der Waals surface area contributed by atoms with Crippen LogP contribution in [0.5, 0.6) is 0 Å². The van der Waals surface area contributed by atoms with E-state index >= 15 is 0 Å². The zero-order valence-corrected chi connectivity index (χ0v) is 9.86. The van der Waals surface area contributed by atoms with Crippen LogP contribution in [0.25, 0.3) is 0 Å². The number of H-pyrrole nitrogens is 1. The second-order valence-electron chi connectivity index (χ2n) is 4.78. The summed E-state index contributed by atoms with van der Waals surface area (Å²) in [5.41, 5.74) is 3.89. The van der Waals surface area contributed by atoms with E-state index in [9.17, 15) is 0 Å². The molecule has 1 rings (SSSR count). The van der Waals surface area contributed by atoms with Gasteiger partial charge in [0.15, 0.2) is 0 Å². The zero-order chi connectivity index (χ0) is 10.8. The van der Waals surface area contributed by atoms with E-state index in [2.05, 4.69) is 43.2 Å². The van der Waals surface area contributed by atoms with Gasteiger partial charge in [0.25, 0.3) is 0 Å². The lowest BCUT2D eigenvalue weighted by atomic mass is 9.89. The molecule has 0 aliphatic carbocycles. The number of nitrogens with one attached hydrogen (secondary N) is 2. The minimum Gasteiger partial charge on any atom is -0.319 e. The summed E-state index contributed by atoms with van der Waals surface area (Å²) >= 11 is 0. The highest BCUT2D eigenvalue weighted by Gasteiger charge is 2.21. The first-order valence-corrected chi connectivity index (χ1v) is 5.15. The third kappa shape index (κ3) is 2.35. The van der Waals surface area contributed by atoms with Gasteiger partial charge >= 0.3 is 0 Å². The molecule has 0 atom stereocenters. The van der Waals surface area contributed by atoms with Crippen LogP contribution in [0.4, 0.5) is 0 Å². The van der Waals surface area contributed by atoms with Crippen LogP contribution in [0.1, 0.15) is 37.7 Å². The number of hydrogen-bond acceptors (Lipinski definition) is 2. The van der Waals surface area contributed by atoms with Crippen LogP contribution in [0.3, 0.4) is 0 Å². The highest BCUT2D eigenvalue weighted by molar-refractivity contribution is 5.28. The molecule has 0 aliphatic rings.